The van der Waals surface area contributed by atoms with Crippen molar-refractivity contribution in [2.75, 3.05) is 40.4 Å². The fourth-order valence-corrected chi connectivity index (χ4v) is 4.67. The Labute approximate surface area is 168 Å². The Morgan fingerprint density at radius 3 is 2.72 bits per heavy atom. The highest BCUT2D eigenvalue weighted by molar-refractivity contribution is 6.07. The van der Waals surface area contributed by atoms with E-state index < -0.39 is 36.1 Å². The van der Waals surface area contributed by atoms with E-state index in [1.165, 1.54) is 7.11 Å². The summed E-state index contributed by atoms with van der Waals surface area (Å²) in [7, 11) is 2.84. The van der Waals surface area contributed by atoms with Gasteiger partial charge < -0.3 is 14.6 Å². The van der Waals surface area contributed by atoms with Crippen LogP contribution < -0.4 is 4.74 Å². The number of β-amino-alcohol motifs (C(OH)–C–C–N with tert-alkyl or cyclic N) is 1. The smallest absolute Gasteiger partial charge is 0.325 e. The fourth-order valence-electron chi connectivity index (χ4n) is 4.67. The molecule has 156 valence electrons. The highest BCUT2D eigenvalue weighted by Gasteiger charge is 2.64. The monoisotopic (exact) mass is 403 g/mol. The second-order valence-corrected chi connectivity index (χ2v) is 7.89. The highest BCUT2D eigenvalue weighted by atomic mass is 16.5. The summed E-state index contributed by atoms with van der Waals surface area (Å²) in [5.41, 5.74) is 0.158. The Bertz CT molecular complexity index is 837. The van der Waals surface area contributed by atoms with Crippen molar-refractivity contribution >= 4 is 17.8 Å². The minimum Gasteiger partial charge on any atom is -0.497 e. The maximum Gasteiger partial charge on any atom is 0.325 e. The van der Waals surface area contributed by atoms with Crippen LogP contribution in [0.3, 0.4) is 0 Å². The van der Waals surface area contributed by atoms with Crippen LogP contribution in [-0.2, 0) is 25.7 Å². The number of esters is 1. The van der Waals surface area contributed by atoms with Crippen LogP contribution >= 0.6 is 0 Å². The van der Waals surface area contributed by atoms with Crippen molar-refractivity contribution in [3.63, 3.8) is 0 Å². The van der Waals surface area contributed by atoms with Gasteiger partial charge in [-0.1, -0.05) is 12.1 Å². The summed E-state index contributed by atoms with van der Waals surface area (Å²) in [6.07, 6.45) is -0.402. The molecule has 9 heteroatoms. The lowest BCUT2D eigenvalue weighted by Crippen LogP contribution is -2.81. The first-order chi connectivity index (χ1) is 13.9. The van der Waals surface area contributed by atoms with Crippen molar-refractivity contribution < 1.29 is 29.0 Å². The largest absolute Gasteiger partial charge is 0.497 e. The summed E-state index contributed by atoms with van der Waals surface area (Å²) in [4.78, 5) is 42.8. The van der Waals surface area contributed by atoms with Gasteiger partial charge in [-0.25, -0.2) is 0 Å². The number of aliphatic hydroxyl groups excluding tert-OH is 1. The molecule has 4 rings (SSSR count). The number of carbonyl (C=O) groups excluding carboxylic acids is 3. The topological polar surface area (TPSA) is 99.6 Å². The summed E-state index contributed by atoms with van der Waals surface area (Å²) in [6, 6.07) is 7.14. The third kappa shape index (κ3) is 3.29. The van der Waals surface area contributed by atoms with Crippen molar-refractivity contribution in [1.82, 2.24) is 14.7 Å². The zero-order valence-corrected chi connectivity index (χ0v) is 16.5. The first-order valence-electron chi connectivity index (χ1n) is 9.60. The minimum atomic E-state index is -0.900. The second kappa shape index (κ2) is 7.40. The van der Waals surface area contributed by atoms with E-state index in [0.717, 1.165) is 16.2 Å². The number of piperazine rings is 1. The average Bonchev–Trinajstić information content (AvgIpc) is 3.08. The molecule has 1 N–H and O–H groups in total. The lowest BCUT2D eigenvalue weighted by atomic mass is 9.82. The maximum absolute atomic E-state index is 13.3. The van der Waals surface area contributed by atoms with Gasteiger partial charge in [0.05, 0.1) is 26.4 Å². The van der Waals surface area contributed by atoms with Gasteiger partial charge in [0.1, 0.15) is 17.8 Å². The number of nitrogens with zero attached hydrogens (tertiary/aromatic N) is 3. The molecule has 3 aliphatic rings. The molecule has 3 fully saturated rings. The van der Waals surface area contributed by atoms with Crippen molar-refractivity contribution in [3.05, 3.63) is 29.8 Å². The van der Waals surface area contributed by atoms with Gasteiger partial charge in [-0.2, -0.15) is 0 Å². The van der Waals surface area contributed by atoms with Gasteiger partial charge in [0.2, 0.25) is 5.91 Å². The number of imide groups is 1. The average molecular weight is 403 g/mol. The molecule has 1 spiro atoms. The molecule has 29 heavy (non-hydrogen) atoms. The number of methoxy groups -OCH3 is 2. The molecule has 1 aromatic rings. The Kier molecular flexibility index (Phi) is 5.05. The van der Waals surface area contributed by atoms with Crippen LogP contribution in [0.25, 0.3) is 0 Å². The van der Waals surface area contributed by atoms with E-state index in [-0.39, 0.29) is 18.9 Å². The summed E-state index contributed by atoms with van der Waals surface area (Å²) >= 11 is 0. The molecule has 0 aliphatic carbocycles. The molecule has 2 atom stereocenters. The van der Waals surface area contributed by atoms with Crippen LogP contribution in [0, 0.1) is 0 Å². The van der Waals surface area contributed by atoms with E-state index in [1.807, 2.05) is 29.2 Å². The molecule has 9 nitrogen and oxygen atoms in total. The zero-order valence-electron chi connectivity index (χ0n) is 16.5. The number of amides is 2. The lowest BCUT2D eigenvalue weighted by molar-refractivity contribution is -0.183. The number of carbonyl (C=O) groups is 3. The number of ether oxygens (including phenoxy) is 2. The van der Waals surface area contributed by atoms with Crippen molar-refractivity contribution in [1.29, 1.82) is 0 Å². The molecule has 0 radical (unpaired) electrons. The van der Waals surface area contributed by atoms with Crippen LogP contribution in [0.2, 0.25) is 0 Å². The lowest BCUT2D eigenvalue weighted by Gasteiger charge is -2.58. The fraction of sp³-hybridized carbons (Fsp3) is 0.550. The normalized spacial score (nSPS) is 26.4. The van der Waals surface area contributed by atoms with Gasteiger partial charge in [-0.3, -0.25) is 29.1 Å². The number of benzene rings is 1. The summed E-state index contributed by atoms with van der Waals surface area (Å²) in [6.45, 7) is 1.38. The van der Waals surface area contributed by atoms with E-state index in [1.54, 1.807) is 7.11 Å². The Balaban J connectivity index is 1.54. The van der Waals surface area contributed by atoms with Crippen LogP contribution in [0.1, 0.15) is 12.0 Å². The molecule has 3 heterocycles. The van der Waals surface area contributed by atoms with Crippen molar-refractivity contribution in [2.24, 2.45) is 0 Å². The molecular formula is C20H25N3O6. The molecule has 3 saturated heterocycles. The zero-order chi connectivity index (χ0) is 20.8. The van der Waals surface area contributed by atoms with E-state index in [9.17, 15) is 19.5 Å². The van der Waals surface area contributed by atoms with Crippen molar-refractivity contribution in [2.45, 2.75) is 30.7 Å². The number of hydrogen-bond donors (Lipinski definition) is 1. The van der Waals surface area contributed by atoms with Gasteiger partial charge in [0.15, 0.2) is 0 Å². The summed E-state index contributed by atoms with van der Waals surface area (Å²) < 4.78 is 9.91. The SMILES string of the molecule is COC(=O)CN1C(=O)C2CC(O)CN2C2(CN(Cc3cccc(OC)c3)C2)C1=O. The molecule has 3 aliphatic heterocycles. The summed E-state index contributed by atoms with van der Waals surface area (Å²) in [5.74, 6) is -0.695. The molecule has 1 aromatic carbocycles. The van der Waals surface area contributed by atoms with Gasteiger partial charge in [0.25, 0.3) is 5.91 Å². The van der Waals surface area contributed by atoms with Gasteiger partial charge in [0, 0.05) is 26.2 Å². The maximum atomic E-state index is 13.3. The molecular weight excluding hydrogens is 378 g/mol. The van der Waals surface area contributed by atoms with Crippen LogP contribution in [0.4, 0.5) is 0 Å². The second-order valence-electron chi connectivity index (χ2n) is 7.89. The van der Waals surface area contributed by atoms with E-state index in [0.29, 0.717) is 19.6 Å². The Morgan fingerprint density at radius 2 is 2.03 bits per heavy atom. The van der Waals surface area contributed by atoms with Crippen LogP contribution in [-0.4, -0.2) is 95.7 Å². The first-order valence-corrected chi connectivity index (χ1v) is 9.60. The van der Waals surface area contributed by atoms with Gasteiger partial charge >= 0.3 is 5.97 Å². The first kappa shape index (κ1) is 19.8. The number of aliphatic hydroxyl groups is 1. The number of likely N-dealkylation sites (tertiary alicyclic amines) is 1. The predicted molar refractivity (Wildman–Crippen MR) is 101 cm³/mol. The highest BCUT2D eigenvalue weighted by Crippen LogP contribution is 2.40. The molecule has 2 amide bonds. The third-order valence-corrected chi connectivity index (χ3v) is 6.05. The minimum absolute atomic E-state index is 0.265. The molecule has 2 unspecified atom stereocenters. The number of hydrogen-bond acceptors (Lipinski definition) is 8. The van der Waals surface area contributed by atoms with Gasteiger partial charge in [-0.05, 0) is 24.1 Å². The molecule has 0 bridgehead atoms. The van der Waals surface area contributed by atoms with E-state index >= 15 is 0 Å². The molecule has 0 saturated carbocycles. The van der Waals surface area contributed by atoms with Crippen LogP contribution in [0.15, 0.2) is 24.3 Å². The standard InChI is InChI=1S/C20H25N3O6/c1-28-15-5-3-4-13(6-15)8-21-11-20(12-21)19(27)22(10-17(25)29-2)18(26)16-7-14(24)9-23(16)20/h3-6,14,16,24H,7-12H2,1-2H3. The molecule has 0 aromatic heterocycles. The Morgan fingerprint density at radius 1 is 1.28 bits per heavy atom. The van der Waals surface area contributed by atoms with E-state index in [4.69, 9.17) is 4.74 Å². The summed E-state index contributed by atoms with van der Waals surface area (Å²) in [5, 5.41) is 10.1. The quantitative estimate of drug-likeness (QED) is 0.505. The van der Waals surface area contributed by atoms with Gasteiger partial charge in [-0.15, -0.1) is 0 Å². The Hall–Kier alpha value is -2.49. The van der Waals surface area contributed by atoms with E-state index in [2.05, 4.69) is 9.64 Å². The number of rotatable bonds is 5. The van der Waals surface area contributed by atoms with Crippen LogP contribution in [0.5, 0.6) is 5.75 Å². The number of fused-ring (bicyclic) bond motifs is 2. The predicted octanol–water partition coefficient (Wildman–Crippen LogP) is -0.773. The third-order valence-electron chi connectivity index (χ3n) is 6.05. The van der Waals surface area contributed by atoms with Crippen molar-refractivity contribution in [3.8, 4) is 5.75 Å².